The van der Waals surface area contributed by atoms with Gasteiger partial charge in [-0.2, -0.15) is 0 Å². The molecule has 0 radical (unpaired) electrons. The molecule has 0 fully saturated rings. The van der Waals surface area contributed by atoms with Gasteiger partial charge in [0.25, 0.3) is 0 Å². The van der Waals surface area contributed by atoms with E-state index in [9.17, 15) is 4.79 Å². The lowest BCUT2D eigenvalue weighted by Gasteiger charge is -2.04. The molecule has 0 aliphatic heterocycles. The number of halogens is 1. The van der Waals surface area contributed by atoms with E-state index in [2.05, 4.69) is 27.0 Å². The lowest BCUT2D eigenvalue weighted by molar-refractivity contribution is 0.101. The summed E-state index contributed by atoms with van der Waals surface area (Å²) in [5, 5.41) is 0. The van der Waals surface area contributed by atoms with Crippen LogP contribution in [0.3, 0.4) is 0 Å². The summed E-state index contributed by atoms with van der Waals surface area (Å²) in [7, 11) is 0. The number of hydrogen-bond acceptors (Lipinski definition) is 1. The second-order valence-electron chi connectivity index (χ2n) is 3.70. The molecule has 16 heavy (non-hydrogen) atoms. The van der Waals surface area contributed by atoms with Crippen molar-refractivity contribution >= 4 is 21.7 Å². The van der Waals surface area contributed by atoms with Gasteiger partial charge in [0.1, 0.15) is 0 Å². The zero-order chi connectivity index (χ0) is 11.5. The number of carbonyl (C=O) groups excluding carboxylic acids is 1. The maximum atomic E-state index is 11.4. The van der Waals surface area contributed by atoms with Crippen LogP contribution in [-0.2, 0) is 6.42 Å². The molecule has 0 atom stereocenters. The maximum absolute atomic E-state index is 11.4. The number of hydrogen-bond donors (Lipinski definition) is 1. The van der Waals surface area contributed by atoms with Crippen LogP contribution < -0.4 is 0 Å². The van der Waals surface area contributed by atoms with E-state index in [0.717, 1.165) is 16.5 Å². The highest BCUT2D eigenvalue weighted by Gasteiger charge is 2.09. The molecule has 2 rings (SSSR count). The minimum absolute atomic E-state index is 0.0760. The van der Waals surface area contributed by atoms with Crippen LogP contribution >= 0.6 is 15.9 Å². The van der Waals surface area contributed by atoms with Gasteiger partial charge in [-0.1, -0.05) is 34.1 Å². The van der Waals surface area contributed by atoms with Crippen molar-refractivity contribution in [1.29, 1.82) is 0 Å². The molecule has 0 amide bonds. The summed E-state index contributed by atoms with van der Waals surface area (Å²) < 4.78 is 1.07. The van der Waals surface area contributed by atoms with Gasteiger partial charge in [0, 0.05) is 24.0 Å². The predicted molar refractivity (Wildman–Crippen MR) is 67.7 cm³/mol. The monoisotopic (exact) mass is 277 g/mol. The zero-order valence-corrected chi connectivity index (χ0v) is 10.5. The fraction of sp³-hybridized carbons (Fsp3) is 0.154. The first-order valence-corrected chi connectivity index (χ1v) is 5.88. The van der Waals surface area contributed by atoms with Crippen molar-refractivity contribution in [2.45, 2.75) is 13.3 Å². The Bertz CT molecular complexity index is 516. The molecule has 82 valence electrons. The third kappa shape index (κ3) is 2.25. The molecule has 1 aromatic carbocycles. The molecule has 0 unspecified atom stereocenters. The van der Waals surface area contributed by atoms with Crippen LogP contribution in [0.5, 0.6) is 0 Å². The van der Waals surface area contributed by atoms with E-state index in [-0.39, 0.29) is 5.78 Å². The Morgan fingerprint density at radius 3 is 2.69 bits per heavy atom. The van der Waals surface area contributed by atoms with Gasteiger partial charge in [-0.25, -0.2) is 0 Å². The molecule has 1 heterocycles. The summed E-state index contributed by atoms with van der Waals surface area (Å²) in [4.78, 5) is 14.3. The number of H-pyrrole nitrogens is 1. The predicted octanol–water partition coefficient (Wildman–Crippen LogP) is 3.57. The minimum Gasteiger partial charge on any atom is -0.359 e. The van der Waals surface area contributed by atoms with Crippen molar-refractivity contribution in [2.24, 2.45) is 0 Å². The van der Waals surface area contributed by atoms with Gasteiger partial charge in [-0.05, 0) is 23.3 Å². The van der Waals surface area contributed by atoms with Crippen LogP contribution in [0.25, 0.3) is 0 Å². The molecule has 2 aromatic rings. The van der Waals surface area contributed by atoms with Gasteiger partial charge in [0.2, 0.25) is 0 Å². The summed E-state index contributed by atoms with van der Waals surface area (Å²) in [5.41, 5.74) is 2.93. The summed E-state index contributed by atoms with van der Waals surface area (Å²) >= 11 is 3.51. The zero-order valence-electron chi connectivity index (χ0n) is 8.96. The molecule has 3 heteroatoms. The van der Waals surface area contributed by atoms with Crippen LogP contribution in [0.4, 0.5) is 0 Å². The number of ketones is 1. The van der Waals surface area contributed by atoms with Gasteiger partial charge < -0.3 is 4.98 Å². The van der Waals surface area contributed by atoms with Crippen molar-refractivity contribution in [3.63, 3.8) is 0 Å². The molecule has 1 N–H and O–H groups in total. The number of nitrogens with one attached hydrogen (secondary N) is 1. The highest BCUT2D eigenvalue weighted by molar-refractivity contribution is 9.10. The molecule has 1 aromatic heterocycles. The molecule has 0 aliphatic rings. The fourth-order valence-electron chi connectivity index (χ4n) is 1.72. The largest absolute Gasteiger partial charge is 0.359 e. The smallest absolute Gasteiger partial charge is 0.176 e. The quantitative estimate of drug-likeness (QED) is 0.855. The first-order chi connectivity index (χ1) is 7.68. The Morgan fingerprint density at radius 1 is 1.25 bits per heavy atom. The molecule has 0 bridgehead atoms. The highest BCUT2D eigenvalue weighted by atomic mass is 79.9. The maximum Gasteiger partial charge on any atom is 0.176 e. The molecule has 0 saturated heterocycles. The fourth-order valence-corrected chi connectivity index (χ4v) is 2.15. The van der Waals surface area contributed by atoms with Crippen molar-refractivity contribution in [3.05, 3.63) is 57.8 Å². The Morgan fingerprint density at radius 2 is 2.00 bits per heavy atom. The van der Waals surface area contributed by atoms with E-state index in [1.165, 1.54) is 5.56 Å². The van der Waals surface area contributed by atoms with Crippen molar-refractivity contribution in [1.82, 2.24) is 4.98 Å². The average Bonchev–Trinajstić information content (AvgIpc) is 2.69. The molecular weight excluding hydrogens is 266 g/mol. The lowest BCUT2D eigenvalue weighted by atomic mass is 10.0. The Balaban J connectivity index is 2.31. The Labute approximate surface area is 103 Å². The SMILES string of the molecule is CC(=O)c1[nH]ccc1Cc1ccccc1Br. The van der Waals surface area contributed by atoms with Crippen molar-refractivity contribution in [3.8, 4) is 0 Å². The van der Waals surface area contributed by atoms with Crippen LogP contribution in [0.2, 0.25) is 0 Å². The normalized spacial score (nSPS) is 10.4. The number of aromatic nitrogens is 1. The van der Waals surface area contributed by atoms with E-state index in [0.29, 0.717) is 5.69 Å². The Hall–Kier alpha value is -1.35. The molecule has 0 saturated carbocycles. The number of benzene rings is 1. The molecular formula is C13H12BrNO. The third-order valence-corrected chi connectivity index (χ3v) is 3.30. The van der Waals surface area contributed by atoms with E-state index in [1.54, 1.807) is 6.92 Å². The second-order valence-corrected chi connectivity index (χ2v) is 4.56. The lowest BCUT2D eigenvalue weighted by Crippen LogP contribution is -1.99. The van der Waals surface area contributed by atoms with Crippen molar-refractivity contribution in [2.75, 3.05) is 0 Å². The standard InChI is InChI=1S/C13H12BrNO/c1-9(16)13-11(6-7-15-13)8-10-4-2-3-5-12(10)14/h2-7,15H,8H2,1H3. The minimum atomic E-state index is 0.0760. The third-order valence-electron chi connectivity index (χ3n) is 2.52. The first-order valence-electron chi connectivity index (χ1n) is 5.09. The summed E-state index contributed by atoms with van der Waals surface area (Å²) in [6.07, 6.45) is 2.57. The first kappa shape index (κ1) is 11.1. The van der Waals surface area contributed by atoms with Gasteiger partial charge in [0.05, 0.1) is 5.69 Å². The van der Waals surface area contributed by atoms with Crippen molar-refractivity contribution < 1.29 is 4.79 Å². The topological polar surface area (TPSA) is 32.9 Å². The van der Waals surface area contributed by atoms with E-state index in [4.69, 9.17) is 0 Å². The van der Waals surface area contributed by atoms with E-state index < -0.39 is 0 Å². The van der Waals surface area contributed by atoms with Crippen LogP contribution in [0.15, 0.2) is 41.0 Å². The highest BCUT2D eigenvalue weighted by Crippen LogP contribution is 2.21. The summed E-state index contributed by atoms with van der Waals surface area (Å²) in [6.45, 7) is 1.58. The van der Waals surface area contributed by atoms with Crippen LogP contribution in [0, 0.1) is 0 Å². The number of aromatic amines is 1. The molecule has 2 nitrogen and oxygen atoms in total. The molecule has 0 spiro atoms. The summed E-state index contributed by atoms with van der Waals surface area (Å²) in [5.74, 6) is 0.0760. The van der Waals surface area contributed by atoms with E-state index in [1.807, 2.05) is 30.5 Å². The van der Waals surface area contributed by atoms with Gasteiger partial charge >= 0.3 is 0 Å². The van der Waals surface area contributed by atoms with Gasteiger partial charge in [0.15, 0.2) is 5.78 Å². The number of rotatable bonds is 3. The van der Waals surface area contributed by atoms with Gasteiger partial charge in [-0.3, -0.25) is 4.79 Å². The number of carbonyl (C=O) groups is 1. The Kier molecular flexibility index (Phi) is 3.25. The number of Topliss-reactive ketones (excluding diaryl/α,β-unsaturated/α-hetero) is 1. The van der Waals surface area contributed by atoms with Crippen LogP contribution in [0.1, 0.15) is 28.5 Å². The van der Waals surface area contributed by atoms with Gasteiger partial charge in [-0.15, -0.1) is 0 Å². The average molecular weight is 278 g/mol. The second kappa shape index (κ2) is 4.66. The molecule has 0 aliphatic carbocycles. The summed E-state index contributed by atoms with van der Waals surface area (Å²) in [6, 6.07) is 10.0. The van der Waals surface area contributed by atoms with Crippen LogP contribution in [-0.4, -0.2) is 10.8 Å². The van der Waals surface area contributed by atoms with E-state index >= 15 is 0 Å².